The number of carbonyl (C=O) groups is 2. The number of benzene rings is 2. The molecule has 156 valence electrons. The van der Waals surface area contributed by atoms with Crippen LogP contribution in [-0.2, 0) is 22.6 Å². The summed E-state index contributed by atoms with van der Waals surface area (Å²) in [6.45, 7) is 4.51. The first kappa shape index (κ1) is 21.1. The predicted molar refractivity (Wildman–Crippen MR) is 112 cm³/mol. The number of amides is 1. The Bertz CT molecular complexity index is 1030. The van der Waals surface area contributed by atoms with E-state index in [2.05, 4.69) is 10.4 Å². The van der Waals surface area contributed by atoms with Crippen LogP contribution >= 0.6 is 0 Å². The summed E-state index contributed by atoms with van der Waals surface area (Å²) in [6.07, 6.45) is 0. The zero-order chi connectivity index (χ0) is 21.5. The highest BCUT2D eigenvalue weighted by Crippen LogP contribution is 2.18. The second-order valence-electron chi connectivity index (χ2n) is 6.85. The van der Waals surface area contributed by atoms with Gasteiger partial charge in [0.15, 0.2) is 6.61 Å². The highest BCUT2D eigenvalue weighted by Gasteiger charge is 2.16. The van der Waals surface area contributed by atoms with Crippen molar-refractivity contribution in [2.24, 2.45) is 0 Å². The zero-order valence-corrected chi connectivity index (χ0v) is 17.3. The Balaban J connectivity index is 1.55. The lowest BCUT2D eigenvalue weighted by Crippen LogP contribution is -2.28. The third-order valence-electron chi connectivity index (χ3n) is 4.83. The van der Waals surface area contributed by atoms with Crippen LogP contribution in [0.15, 0.2) is 54.6 Å². The van der Waals surface area contributed by atoms with Crippen molar-refractivity contribution in [3.05, 3.63) is 82.7 Å². The molecule has 1 aromatic heterocycles. The van der Waals surface area contributed by atoms with Crippen LogP contribution in [0.2, 0.25) is 0 Å². The average molecular weight is 407 g/mol. The van der Waals surface area contributed by atoms with E-state index in [-0.39, 0.29) is 18.1 Å². The lowest BCUT2D eigenvalue weighted by atomic mass is 10.2. The maximum Gasteiger partial charge on any atom is 0.342 e. The molecule has 3 rings (SSSR count). The third-order valence-corrected chi connectivity index (χ3v) is 4.83. The van der Waals surface area contributed by atoms with Gasteiger partial charge in [0.25, 0.3) is 5.91 Å². The largest absolute Gasteiger partial charge is 0.496 e. The number of hydrogen-bond acceptors (Lipinski definition) is 5. The first-order valence-corrected chi connectivity index (χ1v) is 9.63. The first-order valence-electron chi connectivity index (χ1n) is 9.63. The van der Waals surface area contributed by atoms with Gasteiger partial charge >= 0.3 is 5.97 Å². The molecule has 0 aliphatic heterocycles. The van der Waals surface area contributed by atoms with E-state index in [1.165, 1.54) is 7.11 Å². The number of carbonyl (C=O) groups excluding carboxylic acids is 2. The van der Waals surface area contributed by atoms with Gasteiger partial charge in [-0.3, -0.25) is 9.48 Å². The van der Waals surface area contributed by atoms with Gasteiger partial charge in [-0.05, 0) is 31.5 Å². The molecule has 0 saturated heterocycles. The van der Waals surface area contributed by atoms with E-state index in [4.69, 9.17) is 9.47 Å². The van der Waals surface area contributed by atoms with Crippen molar-refractivity contribution in [1.82, 2.24) is 15.1 Å². The van der Waals surface area contributed by atoms with Gasteiger partial charge in [-0.1, -0.05) is 42.5 Å². The first-order chi connectivity index (χ1) is 14.5. The van der Waals surface area contributed by atoms with E-state index in [0.29, 0.717) is 18.8 Å². The Morgan fingerprint density at radius 2 is 1.73 bits per heavy atom. The van der Waals surface area contributed by atoms with Gasteiger partial charge in [0.2, 0.25) is 0 Å². The van der Waals surface area contributed by atoms with Crippen LogP contribution in [0.1, 0.15) is 32.9 Å². The second kappa shape index (κ2) is 9.73. The summed E-state index contributed by atoms with van der Waals surface area (Å²) in [7, 11) is 1.47. The van der Waals surface area contributed by atoms with Gasteiger partial charge in [0.1, 0.15) is 11.3 Å². The van der Waals surface area contributed by atoms with E-state index >= 15 is 0 Å². The van der Waals surface area contributed by atoms with Crippen molar-refractivity contribution in [3.63, 3.8) is 0 Å². The SMILES string of the molecule is COc1ccccc1C(=O)OCC(=O)NCc1c(C)nn(Cc2ccccc2)c1C. The van der Waals surface area contributed by atoms with E-state index < -0.39 is 5.97 Å². The molecule has 0 atom stereocenters. The number of para-hydroxylation sites is 1. The highest BCUT2D eigenvalue weighted by molar-refractivity contribution is 5.93. The molecule has 0 aliphatic carbocycles. The summed E-state index contributed by atoms with van der Waals surface area (Å²) >= 11 is 0. The monoisotopic (exact) mass is 407 g/mol. The van der Waals surface area contributed by atoms with Crippen molar-refractivity contribution in [1.29, 1.82) is 0 Å². The van der Waals surface area contributed by atoms with Crippen molar-refractivity contribution in [3.8, 4) is 5.75 Å². The number of aromatic nitrogens is 2. The minimum Gasteiger partial charge on any atom is -0.496 e. The van der Waals surface area contributed by atoms with Crippen LogP contribution in [0.3, 0.4) is 0 Å². The lowest BCUT2D eigenvalue weighted by molar-refractivity contribution is -0.124. The molecule has 0 radical (unpaired) electrons. The van der Waals surface area contributed by atoms with E-state index in [1.807, 2.05) is 48.9 Å². The minimum atomic E-state index is -0.606. The summed E-state index contributed by atoms with van der Waals surface area (Å²) in [5.41, 5.74) is 4.23. The fraction of sp³-hybridized carbons (Fsp3) is 0.261. The Labute approximate surface area is 175 Å². The van der Waals surface area contributed by atoms with E-state index in [0.717, 1.165) is 22.5 Å². The molecule has 0 saturated carbocycles. The predicted octanol–water partition coefficient (Wildman–Crippen LogP) is 3.03. The molecule has 0 spiro atoms. The third kappa shape index (κ3) is 5.05. The van der Waals surface area contributed by atoms with Crippen molar-refractivity contribution in [2.45, 2.75) is 26.9 Å². The number of nitrogens with one attached hydrogen (secondary N) is 1. The molecule has 0 unspecified atom stereocenters. The fourth-order valence-corrected chi connectivity index (χ4v) is 3.16. The van der Waals surface area contributed by atoms with Crippen molar-refractivity contribution >= 4 is 11.9 Å². The Hall–Kier alpha value is -3.61. The number of ether oxygens (including phenoxy) is 2. The standard InChI is InChI=1S/C23H25N3O4/c1-16-20(17(2)26(25-16)14-18-9-5-4-6-10-18)13-24-22(27)15-30-23(28)19-11-7-8-12-21(19)29-3/h4-12H,13-15H2,1-3H3,(H,24,27). The quantitative estimate of drug-likeness (QED) is 0.581. The smallest absolute Gasteiger partial charge is 0.342 e. The van der Waals surface area contributed by atoms with Crippen LogP contribution in [0.4, 0.5) is 0 Å². The number of aryl methyl sites for hydroxylation is 1. The fourth-order valence-electron chi connectivity index (χ4n) is 3.16. The van der Waals surface area contributed by atoms with Crippen LogP contribution in [0.25, 0.3) is 0 Å². The van der Waals surface area contributed by atoms with Crippen LogP contribution < -0.4 is 10.1 Å². The molecule has 1 amide bonds. The van der Waals surface area contributed by atoms with E-state index in [1.54, 1.807) is 24.3 Å². The zero-order valence-electron chi connectivity index (χ0n) is 17.3. The lowest BCUT2D eigenvalue weighted by Gasteiger charge is -2.09. The Morgan fingerprint density at radius 1 is 1.03 bits per heavy atom. The van der Waals surface area contributed by atoms with Gasteiger partial charge in [-0.2, -0.15) is 5.10 Å². The molecule has 0 bridgehead atoms. The van der Waals surface area contributed by atoms with Crippen molar-refractivity contribution in [2.75, 3.05) is 13.7 Å². The molecule has 30 heavy (non-hydrogen) atoms. The van der Waals surface area contributed by atoms with Gasteiger partial charge in [0.05, 0.1) is 19.3 Å². The molecule has 1 N–H and O–H groups in total. The maximum absolute atomic E-state index is 12.2. The minimum absolute atomic E-state index is 0.279. The Kier molecular flexibility index (Phi) is 6.85. The molecule has 0 aliphatic rings. The van der Waals surface area contributed by atoms with Gasteiger partial charge in [-0.25, -0.2) is 4.79 Å². The molecular weight excluding hydrogens is 382 g/mol. The van der Waals surface area contributed by atoms with Crippen molar-refractivity contribution < 1.29 is 19.1 Å². The summed E-state index contributed by atoms with van der Waals surface area (Å²) in [4.78, 5) is 24.4. The van der Waals surface area contributed by atoms with Crippen LogP contribution in [-0.4, -0.2) is 35.4 Å². The van der Waals surface area contributed by atoms with Gasteiger partial charge in [0, 0.05) is 17.8 Å². The summed E-state index contributed by atoms with van der Waals surface area (Å²) < 4.78 is 12.2. The van der Waals surface area contributed by atoms with Gasteiger partial charge in [-0.15, -0.1) is 0 Å². The molecule has 1 heterocycles. The van der Waals surface area contributed by atoms with Crippen LogP contribution in [0, 0.1) is 13.8 Å². The number of nitrogens with zero attached hydrogens (tertiary/aromatic N) is 2. The molecule has 3 aromatic rings. The highest BCUT2D eigenvalue weighted by atomic mass is 16.5. The normalized spacial score (nSPS) is 10.5. The average Bonchev–Trinajstić information content (AvgIpc) is 3.03. The van der Waals surface area contributed by atoms with Crippen LogP contribution in [0.5, 0.6) is 5.75 Å². The molecular formula is C23H25N3O4. The van der Waals surface area contributed by atoms with Gasteiger partial charge < -0.3 is 14.8 Å². The number of methoxy groups -OCH3 is 1. The number of hydrogen-bond donors (Lipinski definition) is 1. The molecule has 2 aromatic carbocycles. The summed E-state index contributed by atoms with van der Waals surface area (Å²) in [5, 5.41) is 7.37. The molecule has 7 heteroatoms. The molecule has 7 nitrogen and oxygen atoms in total. The summed E-state index contributed by atoms with van der Waals surface area (Å²) in [6, 6.07) is 16.8. The maximum atomic E-state index is 12.2. The van der Waals surface area contributed by atoms with E-state index in [9.17, 15) is 9.59 Å². The second-order valence-corrected chi connectivity index (χ2v) is 6.85. The molecule has 0 fully saturated rings. The number of rotatable bonds is 8. The summed E-state index contributed by atoms with van der Waals surface area (Å²) in [5.74, 6) is -0.585. The topological polar surface area (TPSA) is 82.4 Å². The number of esters is 1. The Morgan fingerprint density at radius 3 is 2.47 bits per heavy atom.